The monoisotopic (exact) mass is 462 g/mol. The normalized spacial score (nSPS) is 12.2. The fourth-order valence-electron chi connectivity index (χ4n) is 3.00. The molecule has 3 rings (SSSR count). The van der Waals surface area contributed by atoms with E-state index in [1.807, 2.05) is 43.5 Å². The highest BCUT2D eigenvalue weighted by atomic mass is 35.5. The maximum Gasteiger partial charge on any atom is 0.220 e. The first-order chi connectivity index (χ1) is 14.3. The van der Waals surface area contributed by atoms with Gasteiger partial charge in [0.15, 0.2) is 11.0 Å². The smallest absolute Gasteiger partial charge is 0.220 e. The van der Waals surface area contributed by atoms with Crippen molar-refractivity contribution in [1.29, 1.82) is 0 Å². The van der Waals surface area contributed by atoms with Crippen LogP contribution in [0.1, 0.15) is 44.6 Å². The van der Waals surface area contributed by atoms with Crippen molar-refractivity contribution in [3.05, 3.63) is 70.0 Å². The molecule has 1 atom stereocenters. The van der Waals surface area contributed by atoms with Gasteiger partial charge in [-0.25, -0.2) is 0 Å². The molecular weight excluding hydrogens is 439 g/mol. The Balaban J connectivity index is 1.95. The molecule has 1 aromatic heterocycles. The van der Waals surface area contributed by atoms with Crippen LogP contribution >= 0.6 is 35.0 Å². The van der Waals surface area contributed by atoms with E-state index in [1.54, 1.807) is 30.0 Å². The summed E-state index contributed by atoms with van der Waals surface area (Å²) in [6.07, 6.45) is 0.450. The van der Waals surface area contributed by atoms with E-state index in [2.05, 4.69) is 27.6 Å². The van der Waals surface area contributed by atoms with Gasteiger partial charge in [-0.15, -0.1) is 10.2 Å². The zero-order valence-corrected chi connectivity index (χ0v) is 19.4. The molecule has 0 fully saturated rings. The van der Waals surface area contributed by atoms with Gasteiger partial charge >= 0.3 is 0 Å². The first-order valence-electron chi connectivity index (χ1n) is 9.72. The third-order valence-electron chi connectivity index (χ3n) is 4.38. The highest BCUT2D eigenvalue weighted by Crippen LogP contribution is 2.32. The predicted molar refractivity (Wildman–Crippen MR) is 123 cm³/mol. The van der Waals surface area contributed by atoms with Gasteiger partial charge in [-0.1, -0.05) is 79.1 Å². The van der Waals surface area contributed by atoms with Gasteiger partial charge in [0.05, 0.1) is 16.8 Å². The molecule has 0 radical (unpaired) electrons. The first-order valence-corrected chi connectivity index (χ1v) is 11.5. The Labute approximate surface area is 191 Å². The maximum atomic E-state index is 12.3. The Morgan fingerprint density at radius 2 is 1.83 bits per heavy atom. The number of hydrogen-bond donors (Lipinski definition) is 1. The summed E-state index contributed by atoms with van der Waals surface area (Å²) >= 11 is 14.3. The van der Waals surface area contributed by atoms with Crippen molar-refractivity contribution >= 4 is 40.9 Å². The van der Waals surface area contributed by atoms with Crippen LogP contribution in [0.5, 0.6) is 0 Å². The van der Waals surface area contributed by atoms with Crippen LogP contribution in [-0.2, 0) is 10.5 Å². The molecule has 1 heterocycles. The van der Waals surface area contributed by atoms with Crippen LogP contribution in [0.3, 0.4) is 0 Å². The number of amides is 1. The maximum absolute atomic E-state index is 12.3. The summed E-state index contributed by atoms with van der Waals surface area (Å²) in [5.74, 6) is 1.58. The second-order valence-corrected chi connectivity index (χ2v) is 9.22. The highest BCUT2D eigenvalue weighted by molar-refractivity contribution is 7.98. The molecule has 0 spiro atoms. The summed E-state index contributed by atoms with van der Waals surface area (Å²) in [5.41, 5.74) is 1.86. The van der Waals surface area contributed by atoms with Gasteiger partial charge in [-0.3, -0.25) is 9.36 Å². The number of halogens is 2. The van der Waals surface area contributed by atoms with E-state index in [0.717, 1.165) is 5.75 Å². The van der Waals surface area contributed by atoms with E-state index in [9.17, 15) is 4.79 Å². The van der Waals surface area contributed by atoms with E-state index in [1.165, 1.54) is 5.56 Å². The Hall–Kier alpha value is -2.02. The first kappa shape index (κ1) is 22.7. The Kier molecular flexibility index (Phi) is 7.81. The van der Waals surface area contributed by atoms with Crippen molar-refractivity contribution < 1.29 is 4.79 Å². The van der Waals surface area contributed by atoms with Crippen molar-refractivity contribution in [2.45, 2.75) is 44.1 Å². The molecule has 0 aliphatic heterocycles. The summed E-state index contributed by atoms with van der Waals surface area (Å²) < 4.78 is 1.88. The zero-order chi connectivity index (χ0) is 21.7. The Morgan fingerprint density at radius 3 is 2.53 bits per heavy atom. The van der Waals surface area contributed by atoms with E-state index in [0.29, 0.717) is 33.1 Å². The fraction of sp³-hybridized carbons (Fsp3) is 0.318. The summed E-state index contributed by atoms with van der Waals surface area (Å²) in [7, 11) is 0. The Bertz CT molecular complexity index is 1010. The number of rotatable bonds is 8. The summed E-state index contributed by atoms with van der Waals surface area (Å²) in [4.78, 5) is 12.3. The molecule has 30 heavy (non-hydrogen) atoms. The van der Waals surface area contributed by atoms with Crippen LogP contribution in [-0.4, -0.2) is 20.7 Å². The second-order valence-electron chi connectivity index (χ2n) is 7.43. The molecule has 2 aromatic carbocycles. The number of hydrogen-bond acceptors (Lipinski definition) is 4. The van der Waals surface area contributed by atoms with Crippen molar-refractivity contribution in [3.63, 3.8) is 0 Å². The van der Waals surface area contributed by atoms with Gasteiger partial charge in [-0.2, -0.15) is 0 Å². The van der Waals surface area contributed by atoms with Crippen LogP contribution in [0.2, 0.25) is 10.0 Å². The van der Waals surface area contributed by atoms with Crippen LogP contribution in [0.15, 0.2) is 53.7 Å². The number of aromatic nitrogens is 3. The zero-order valence-electron chi connectivity index (χ0n) is 17.1. The molecule has 0 aliphatic carbocycles. The van der Waals surface area contributed by atoms with Crippen LogP contribution < -0.4 is 5.32 Å². The van der Waals surface area contributed by atoms with Gasteiger partial charge in [-0.05, 0) is 36.6 Å². The average molecular weight is 463 g/mol. The van der Waals surface area contributed by atoms with Crippen molar-refractivity contribution in [2.24, 2.45) is 5.92 Å². The summed E-state index contributed by atoms with van der Waals surface area (Å²) in [6, 6.07) is 15.1. The molecule has 0 aliphatic rings. The molecule has 1 amide bonds. The minimum absolute atomic E-state index is 0.0253. The molecular formula is C22H24Cl2N4OS. The van der Waals surface area contributed by atoms with Gasteiger partial charge < -0.3 is 5.32 Å². The van der Waals surface area contributed by atoms with E-state index in [-0.39, 0.29) is 17.9 Å². The van der Waals surface area contributed by atoms with E-state index >= 15 is 0 Å². The summed E-state index contributed by atoms with van der Waals surface area (Å²) in [6.45, 7) is 5.91. The van der Waals surface area contributed by atoms with Crippen LogP contribution in [0.4, 0.5) is 0 Å². The van der Waals surface area contributed by atoms with Crippen molar-refractivity contribution in [1.82, 2.24) is 20.1 Å². The van der Waals surface area contributed by atoms with Gasteiger partial charge in [0.25, 0.3) is 0 Å². The molecule has 3 aromatic rings. The van der Waals surface area contributed by atoms with E-state index in [4.69, 9.17) is 23.2 Å². The Morgan fingerprint density at radius 1 is 1.10 bits per heavy atom. The fourth-order valence-corrected chi connectivity index (χ4v) is 4.27. The van der Waals surface area contributed by atoms with Crippen molar-refractivity contribution in [3.8, 4) is 5.69 Å². The molecule has 0 bridgehead atoms. The number of nitrogens with zero attached hydrogens (tertiary/aromatic N) is 3. The van der Waals surface area contributed by atoms with Gasteiger partial charge in [0, 0.05) is 17.2 Å². The van der Waals surface area contributed by atoms with Gasteiger partial charge in [0.1, 0.15) is 0 Å². The molecule has 5 nitrogen and oxygen atoms in total. The van der Waals surface area contributed by atoms with E-state index < -0.39 is 0 Å². The van der Waals surface area contributed by atoms with Crippen molar-refractivity contribution in [2.75, 3.05) is 0 Å². The van der Waals surface area contributed by atoms with Crippen LogP contribution in [0.25, 0.3) is 5.69 Å². The SMILES string of the molecule is CC(C)CC(=O)NC(C)c1nnc(SCc2ccccc2)n1-c1cc(Cl)ccc1Cl. The van der Waals surface area contributed by atoms with Gasteiger partial charge in [0.2, 0.25) is 5.91 Å². The molecule has 8 heteroatoms. The lowest BCUT2D eigenvalue weighted by atomic mass is 10.1. The number of thioether (sulfide) groups is 1. The predicted octanol–water partition coefficient (Wildman–Crippen LogP) is 6.09. The number of benzene rings is 2. The second kappa shape index (κ2) is 10.3. The molecule has 1 unspecified atom stereocenters. The summed E-state index contributed by atoms with van der Waals surface area (Å²) in [5, 5.41) is 13.6. The number of carbonyl (C=O) groups is 1. The van der Waals surface area contributed by atoms with Crippen LogP contribution in [0, 0.1) is 5.92 Å². The lowest BCUT2D eigenvalue weighted by molar-refractivity contribution is -0.122. The topological polar surface area (TPSA) is 59.8 Å². The highest BCUT2D eigenvalue weighted by Gasteiger charge is 2.23. The third-order valence-corrected chi connectivity index (χ3v) is 5.93. The minimum atomic E-state index is -0.343. The quantitative estimate of drug-likeness (QED) is 0.411. The molecule has 158 valence electrons. The average Bonchev–Trinajstić information content (AvgIpc) is 3.12. The number of nitrogens with one attached hydrogen (secondary N) is 1. The molecule has 1 N–H and O–H groups in total. The molecule has 0 saturated carbocycles. The standard InChI is InChI=1S/C22H24Cl2N4OS/c1-14(2)11-20(29)25-15(3)21-26-27-22(30-13-16-7-5-4-6-8-16)28(21)19-12-17(23)9-10-18(19)24/h4-10,12,14-15H,11,13H2,1-3H3,(H,25,29). The lowest BCUT2D eigenvalue weighted by Crippen LogP contribution is -2.29. The number of carbonyl (C=O) groups excluding carboxylic acids is 1. The lowest BCUT2D eigenvalue weighted by Gasteiger charge is -2.18. The molecule has 0 saturated heterocycles. The third kappa shape index (κ3) is 5.78. The minimum Gasteiger partial charge on any atom is -0.346 e. The largest absolute Gasteiger partial charge is 0.346 e.